The average molecular weight is 441 g/mol. The van der Waals surface area contributed by atoms with Gasteiger partial charge >= 0.3 is 0 Å². The van der Waals surface area contributed by atoms with Crippen LogP contribution in [0.15, 0.2) is 78.9 Å². The first-order chi connectivity index (χ1) is 15.9. The number of rotatable bonds is 2. The number of amides is 2. The Balaban J connectivity index is 1.56. The maximum Gasteiger partial charge on any atom is 0.241 e. The van der Waals surface area contributed by atoms with Gasteiger partial charge in [-0.2, -0.15) is 0 Å². The zero-order chi connectivity index (χ0) is 22.9. The van der Waals surface area contributed by atoms with E-state index in [4.69, 9.17) is 4.74 Å². The third kappa shape index (κ3) is 2.45. The van der Waals surface area contributed by atoms with Gasteiger partial charge in [0.05, 0.1) is 23.6 Å². The van der Waals surface area contributed by atoms with Crippen molar-refractivity contribution in [2.75, 3.05) is 4.90 Å². The molecule has 6 rings (SSSR count). The summed E-state index contributed by atoms with van der Waals surface area (Å²) < 4.78 is 20.1. The van der Waals surface area contributed by atoms with E-state index in [1.54, 1.807) is 42.5 Å². The molecule has 3 atom stereocenters. The van der Waals surface area contributed by atoms with Gasteiger partial charge in [0.15, 0.2) is 0 Å². The van der Waals surface area contributed by atoms with Crippen molar-refractivity contribution < 1.29 is 28.3 Å². The zero-order valence-corrected chi connectivity index (χ0v) is 17.1. The number of nitrogens with zero attached hydrogens (tertiary/aromatic N) is 1. The van der Waals surface area contributed by atoms with Crippen molar-refractivity contribution in [3.63, 3.8) is 0 Å². The van der Waals surface area contributed by atoms with E-state index in [2.05, 4.69) is 0 Å². The number of ketones is 2. The van der Waals surface area contributed by atoms with Gasteiger partial charge < -0.3 is 4.74 Å². The van der Waals surface area contributed by atoms with Crippen LogP contribution in [0.4, 0.5) is 10.1 Å². The summed E-state index contributed by atoms with van der Waals surface area (Å²) >= 11 is 0. The first kappa shape index (κ1) is 19.7. The van der Waals surface area contributed by atoms with Crippen molar-refractivity contribution in [1.82, 2.24) is 0 Å². The van der Waals surface area contributed by atoms with Gasteiger partial charge in [-0.3, -0.25) is 19.2 Å². The van der Waals surface area contributed by atoms with Crippen molar-refractivity contribution in [3.8, 4) is 0 Å². The minimum Gasteiger partial charge on any atom is -0.349 e. The fraction of sp³-hybridized carbons (Fsp3) is 0.154. The van der Waals surface area contributed by atoms with Gasteiger partial charge in [-0.15, -0.1) is 0 Å². The van der Waals surface area contributed by atoms with Crippen LogP contribution in [0.2, 0.25) is 0 Å². The predicted octanol–water partition coefficient (Wildman–Crippen LogP) is 3.52. The maximum absolute atomic E-state index is 13.9. The van der Waals surface area contributed by atoms with Crippen LogP contribution in [0.1, 0.15) is 32.4 Å². The second-order valence-electron chi connectivity index (χ2n) is 8.38. The highest BCUT2D eigenvalue weighted by Gasteiger charge is 2.74. The molecule has 2 fully saturated rings. The van der Waals surface area contributed by atoms with Crippen molar-refractivity contribution >= 4 is 29.1 Å². The van der Waals surface area contributed by atoms with Crippen LogP contribution in [0.5, 0.6) is 0 Å². The lowest BCUT2D eigenvalue weighted by atomic mass is 9.77. The van der Waals surface area contributed by atoms with Crippen molar-refractivity contribution in [2.24, 2.45) is 11.8 Å². The molecule has 0 N–H and O–H groups in total. The molecule has 3 aliphatic rings. The molecule has 2 amide bonds. The van der Waals surface area contributed by atoms with E-state index in [9.17, 15) is 23.6 Å². The van der Waals surface area contributed by atoms with Crippen LogP contribution in [0, 0.1) is 17.7 Å². The smallest absolute Gasteiger partial charge is 0.241 e. The molecule has 3 aromatic rings. The largest absolute Gasteiger partial charge is 0.349 e. The number of ether oxygens (including phenoxy) is 1. The molecule has 0 saturated carbocycles. The molecule has 2 aliphatic heterocycles. The van der Waals surface area contributed by atoms with E-state index in [0.717, 1.165) is 11.0 Å². The molecule has 0 aromatic heterocycles. The molecule has 1 spiro atoms. The van der Waals surface area contributed by atoms with Crippen molar-refractivity contribution in [3.05, 3.63) is 101 Å². The number of hydrogen-bond donors (Lipinski definition) is 0. The fourth-order valence-electron chi connectivity index (χ4n) is 5.33. The number of anilines is 1. The van der Waals surface area contributed by atoms with Gasteiger partial charge in [0.2, 0.25) is 29.0 Å². The zero-order valence-electron chi connectivity index (χ0n) is 17.1. The molecule has 1 aliphatic carbocycles. The average Bonchev–Trinajstić information content (AvgIpc) is 3.40. The number of hydrogen-bond acceptors (Lipinski definition) is 5. The van der Waals surface area contributed by atoms with Gasteiger partial charge in [-0.1, -0.05) is 60.7 Å². The number of halogens is 1. The van der Waals surface area contributed by atoms with Gasteiger partial charge in [0, 0.05) is 11.1 Å². The number of Topliss-reactive ketones (excluding diaryl/α,β-unsaturated/α-hetero) is 2. The molecule has 0 unspecified atom stereocenters. The Morgan fingerprint density at radius 3 is 2.03 bits per heavy atom. The Morgan fingerprint density at radius 1 is 0.758 bits per heavy atom. The third-order valence-electron chi connectivity index (χ3n) is 6.71. The highest BCUT2D eigenvalue weighted by Crippen LogP contribution is 2.57. The Kier molecular flexibility index (Phi) is 4.04. The Labute approximate surface area is 187 Å². The summed E-state index contributed by atoms with van der Waals surface area (Å²) in [5.74, 6) is -5.70. The van der Waals surface area contributed by atoms with Crippen LogP contribution in [0.25, 0.3) is 0 Å². The van der Waals surface area contributed by atoms with Crippen LogP contribution >= 0.6 is 0 Å². The van der Waals surface area contributed by atoms with E-state index in [1.807, 2.05) is 0 Å². The van der Waals surface area contributed by atoms with E-state index in [0.29, 0.717) is 5.56 Å². The SMILES string of the molecule is O=C1[C@@H]2[C@@H](c3ccccc3)OC3(C(=O)c4ccccc4C3=O)[C@@H]2C(=O)N1c1cccc(F)c1. The summed E-state index contributed by atoms with van der Waals surface area (Å²) in [6.07, 6.45) is -0.992. The van der Waals surface area contributed by atoms with Crippen LogP contribution < -0.4 is 4.90 Å². The van der Waals surface area contributed by atoms with Crippen LogP contribution in [-0.2, 0) is 14.3 Å². The first-order valence-electron chi connectivity index (χ1n) is 10.5. The van der Waals surface area contributed by atoms with Gasteiger partial charge in [-0.05, 0) is 23.8 Å². The first-order valence-corrected chi connectivity index (χ1v) is 10.5. The quantitative estimate of drug-likeness (QED) is 0.449. The Morgan fingerprint density at radius 2 is 1.39 bits per heavy atom. The Bertz CT molecular complexity index is 1330. The number of imide groups is 1. The highest BCUT2D eigenvalue weighted by atomic mass is 19.1. The summed E-state index contributed by atoms with van der Waals surface area (Å²) in [4.78, 5) is 55.4. The van der Waals surface area contributed by atoms with Gasteiger partial charge in [0.25, 0.3) is 0 Å². The number of carbonyl (C=O) groups is 4. The predicted molar refractivity (Wildman–Crippen MR) is 114 cm³/mol. The standard InChI is InChI=1S/C26H16FNO5/c27-15-9-6-10-16(13-15)28-24(31)19-20(25(28)32)26(33-21(19)14-7-2-1-3-8-14)22(29)17-11-4-5-12-18(17)23(26)30/h1-13,19-21H/t19-,20-,21+/m0/s1. The molecule has 162 valence electrons. The van der Waals surface area contributed by atoms with E-state index < -0.39 is 52.7 Å². The van der Waals surface area contributed by atoms with Gasteiger partial charge in [-0.25, -0.2) is 9.29 Å². The second kappa shape index (κ2) is 6.76. The van der Waals surface area contributed by atoms with Gasteiger partial charge in [0.1, 0.15) is 5.82 Å². The lowest BCUT2D eigenvalue weighted by Crippen LogP contribution is -2.51. The molecule has 7 heteroatoms. The minimum absolute atomic E-state index is 0.0526. The molecule has 6 nitrogen and oxygen atoms in total. The lowest BCUT2D eigenvalue weighted by molar-refractivity contribution is -0.127. The molecule has 2 saturated heterocycles. The van der Waals surface area contributed by atoms with Crippen molar-refractivity contribution in [1.29, 1.82) is 0 Å². The third-order valence-corrected chi connectivity index (χ3v) is 6.71. The summed E-state index contributed by atoms with van der Waals surface area (Å²) in [5.41, 5.74) is -1.18. The van der Waals surface area contributed by atoms with E-state index in [1.165, 1.54) is 30.3 Å². The summed E-state index contributed by atoms with van der Waals surface area (Å²) in [6.45, 7) is 0. The van der Waals surface area contributed by atoms with Crippen LogP contribution in [0.3, 0.4) is 0 Å². The number of carbonyl (C=O) groups excluding carboxylic acids is 4. The minimum atomic E-state index is -2.14. The second-order valence-corrected chi connectivity index (χ2v) is 8.38. The van der Waals surface area contributed by atoms with Crippen molar-refractivity contribution in [2.45, 2.75) is 11.7 Å². The molecular weight excluding hydrogens is 425 g/mol. The highest BCUT2D eigenvalue weighted by molar-refractivity contribution is 6.37. The van der Waals surface area contributed by atoms with E-state index in [-0.39, 0.29) is 16.8 Å². The number of fused-ring (bicyclic) bond motifs is 3. The normalized spacial score (nSPS) is 25.1. The summed E-state index contributed by atoms with van der Waals surface area (Å²) in [6, 6.07) is 20.1. The topological polar surface area (TPSA) is 80.8 Å². The molecule has 0 bridgehead atoms. The summed E-state index contributed by atoms with van der Waals surface area (Å²) in [7, 11) is 0. The fourth-order valence-corrected chi connectivity index (χ4v) is 5.33. The molecule has 3 aromatic carbocycles. The molecule has 33 heavy (non-hydrogen) atoms. The van der Waals surface area contributed by atoms with Crippen LogP contribution in [-0.4, -0.2) is 29.0 Å². The Hall–Kier alpha value is -3.97. The van der Waals surface area contributed by atoms with E-state index >= 15 is 0 Å². The monoisotopic (exact) mass is 441 g/mol. The number of benzene rings is 3. The molecular formula is C26H16FNO5. The molecule has 2 heterocycles. The summed E-state index contributed by atoms with van der Waals surface area (Å²) in [5, 5.41) is 0. The molecule has 0 radical (unpaired) electrons. The maximum atomic E-state index is 13.9. The lowest BCUT2D eigenvalue weighted by Gasteiger charge is -2.27.